The molecule has 1 aliphatic rings. The van der Waals surface area contributed by atoms with E-state index in [1.165, 1.54) is 5.57 Å². The lowest BCUT2D eigenvalue weighted by molar-refractivity contribution is -0.118. The minimum Gasteiger partial charge on any atom is -0.494 e. The molecule has 1 aromatic rings. The van der Waals surface area contributed by atoms with E-state index in [0.29, 0.717) is 6.54 Å². The molecule has 1 amide bonds. The molecule has 21 heavy (non-hydrogen) atoms. The van der Waals surface area contributed by atoms with E-state index >= 15 is 0 Å². The van der Waals surface area contributed by atoms with Crippen molar-refractivity contribution in [3.05, 3.63) is 42.0 Å². The minimum atomic E-state index is 0.0383. The van der Waals surface area contributed by atoms with Crippen molar-refractivity contribution in [3.8, 4) is 5.75 Å². The van der Waals surface area contributed by atoms with Gasteiger partial charge in [-0.15, -0.1) is 0 Å². The van der Waals surface area contributed by atoms with Crippen LogP contribution in [0.1, 0.15) is 19.8 Å². The van der Waals surface area contributed by atoms with Gasteiger partial charge in [0.15, 0.2) is 0 Å². The van der Waals surface area contributed by atoms with Gasteiger partial charge in [0.1, 0.15) is 5.75 Å². The molecule has 4 heteroatoms. The van der Waals surface area contributed by atoms with Crippen LogP contribution in [-0.4, -0.2) is 43.6 Å². The Kier molecular flexibility index (Phi) is 6.28. The monoisotopic (exact) mass is 288 g/mol. The molecule has 0 saturated heterocycles. The van der Waals surface area contributed by atoms with Crippen LogP contribution in [0.5, 0.6) is 5.75 Å². The molecule has 1 heterocycles. The Morgan fingerprint density at radius 3 is 2.81 bits per heavy atom. The lowest BCUT2D eigenvalue weighted by atomic mass is 10.1. The van der Waals surface area contributed by atoms with E-state index in [2.05, 4.69) is 16.3 Å². The number of hydrogen-bond donors (Lipinski definition) is 1. The summed E-state index contributed by atoms with van der Waals surface area (Å²) in [7, 11) is 0. The Hall–Kier alpha value is -1.81. The van der Waals surface area contributed by atoms with Gasteiger partial charge in [0, 0.05) is 33.1 Å². The summed E-state index contributed by atoms with van der Waals surface area (Å²) in [5.41, 5.74) is 1.34. The molecule has 0 saturated carbocycles. The van der Waals surface area contributed by atoms with E-state index in [1.54, 1.807) is 6.92 Å². The number of carbonyl (C=O) groups is 1. The summed E-state index contributed by atoms with van der Waals surface area (Å²) in [6.07, 6.45) is 4.31. The smallest absolute Gasteiger partial charge is 0.217 e. The second kappa shape index (κ2) is 8.47. The highest BCUT2D eigenvalue weighted by atomic mass is 16.5. The lowest BCUT2D eigenvalue weighted by Crippen LogP contribution is -2.33. The predicted octanol–water partition coefficient (Wildman–Crippen LogP) is 2.22. The number of hydrogen-bond acceptors (Lipinski definition) is 3. The quantitative estimate of drug-likeness (QED) is 0.618. The summed E-state index contributed by atoms with van der Waals surface area (Å²) in [5, 5.41) is 2.85. The summed E-state index contributed by atoms with van der Waals surface area (Å²) in [6, 6.07) is 9.93. The highest BCUT2D eigenvalue weighted by Crippen LogP contribution is 2.11. The minimum absolute atomic E-state index is 0.0383. The summed E-state index contributed by atoms with van der Waals surface area (Å²) in [6.45, 7) is 6.10. The van der Waals surface area contributed by atoms with Crippen molar-refractivity contribution >= 4 is 5.91 Å². The number of rotatable bonds is 7. The van der Waals surface area contributed by atoms with Crippen molar-refractivity contribution in [1.29, 1.82) is 0 Å². The fraction of sp³-hybridized carbons (Fsp3) is 0.471. The normalized spacial score (nSPS) is 15.4. The molecule has 4 nitrogen and oxygen atoms in total. The first kappa shape index (κ1) is 15.6. The second-order valence-electron chi connectivity index (χ2n) is 5.34. The molecule has 0 spiro atoms. The Labute approximate surface area is 126 Å². The van der Waals surface area contributed by atoms with Gasteiger partial charge in [-0.3, -0.25) is 9.69 Å². The Morgan fingerprint density at radius 2 is 2.14 bits per heavy atom. The van der Waals surface area contributed by atoms with Crippen molar-refractivity contribution in [2.75, 3.05) is 32.8 Å². The van der Waals surface area contributed by atoms with E-state index in [9.17, 15) is 4.79 Å². The molecule has 0 radical (unpaired) electrons. The first-order valence-corrected chi connectivity index (χ1v) is 7.56. The van der Waals surface area contributed by atoms with E-state index in [-0.39, 0.29) is 5.91 Å². The van der Waals surface area contributed by atoms with Crippen LogP contribution in [0, 0.1) is 0 Å². The van der Waals surface area contributed by atoms with Crippen LogP contribution in [0.15, 0.2) is 42.0 Å². The van der Waals surface area contributed by atoms with Gasteiger partial charge >= 0.3 is 0 Å². The number of benzene rings is 1. The highest BCUT2D eigenvalue weighted by Gasteiger charge is 2.11. The van der Waals surface area contributed by atoms with Gasteiger partial charge < -0.3 is 10.1 Å². The Morgan fingerprint density at radius 1 is 1.33 bits per heavy atom. The van der Waals surface area contributed by atoms with Gasteiger partial charge in [-0.2, -0.15) is 0 Å². The first-order valence-electron chi connectivity index (χ1n) is 7.56. The molecule has 0 fully saturated rings. The van der Waals surface area contributed by atoms with Crippen LogP contribution < -0.4 is 10.1 Å². The van der Waals surface area contributed by atoms with Crippen LogP contribution in [-0.2, 0) is 4.79 Å². The number of nitrogens with zero attached hydrogens (tertiary/aromatic N) is 1. The summed E-state index contributed by atoms with van der Waals surface area (Å²) < 4.78 is 5.69. The summed E-state index contributed by atoms with van der Waals surface area (Å²) >= 11 is 0. The van der Waals surface area contributed by atoms with Crippen molar-refractivity contribution in [3.63, 3.8) is 0 Å². The van der Waals surface area contributed by atoms with Crippen LogP contribution >= 0.6 is 0 Å². The van der Waals surface area contributed by atoms with E-state index < -0.39 is 0 Å². The van der Waals surface area contributed by atoms with E-state index in [1.807, 2.05) is 30.3 Å². The molecular formula is C17H24N2O2. The van der Waals surface area contributed by atoms with Gasteiger partial charge in [0.05, 0.1) is 6.61 Å². The summed E-state index contributed by atoms with van der Waals surface area (Å²) in [4.78, 5) is 13.3. The number of nitrogens with one attached hydrogen (secondary N) is 1. The average molecular weight is 288 g/mol. The first-order chi connectivity index (χ1) is 10.2. The largest absolute Gasteiger partial charge is 0.494 e. The zero-order chi connectivity index (χ0) is 14.9. The maximum Gasteiger partial charge on any atom is 0.217 e. The molecule has 1 aromatic carbocycles. The van der Waals surface area contributed by atoms with Gasteiger partial charge in [0.2, 0.25) is 5.91 Å². The lowest BCUT2D eigenvalue weighted by Gasteiger charge is -2.26. The number of para-hydroxylation sites is 1. The Bertz CT molecular complexity index is 471. The van der Waals surface area contributed by atoms with Crippen molar-refractivity contribution in [1.82, 2.24) is 10.2 Å². The Balaban J connectivity index is 1.59. The van der Waals surface area contributed by atoms with Gasteiger partial charge in [0.25, 0.3) is 0 Å². The van der Waals surface area contributed by atoms with Crippen LogP contribution in [0.4, 0.5) is 0 Å². The molecule has 2 rings (SSSR count). The van der Waals surface area contributed by atoms with Crippen molar-refractivity contribution < 1.29 is 9.53 Å². The number of carbonyl (C=O) groups excluding carboxylic acids is 1. The van der Waals surface area contributed by atoms with E-state index in [4.69, 9.17) is 4.74 Å². The maximum atomic E-state index is 10.9. The summed E-state index contributed by atoms with van der Waals surface area (Å²) in [5.74, 6) is 0.977. The molecule has 114 valence electrons. The van der Waals surface area contributed by atoms with Gasteiger partial charge in [-0.1, -0.05) is 29.8 Å². The van der Waals surface area contributed by atoms with Gasteiger partial charge in [-0.05, 0) is 25.0 Å². The zero-order valence-corrected chi connectivity index (χ0v) is 12.7. The molecule has 0 bridgehead atoms. The van der Waals surface area contributed by atoms with Crippen LogP contribution in [0.25, 0.3) is 0 Å². The molecule has 1 N–H and O–H groups in total. The molecule has 0 atom stereocenters. The fourth-order valence-corrected chi connectivity index (χ4v) is 2.35. The van der Waals surface area contributed by atoms with Crippen LogP contribution in [0.2, 0.25) is 0 Å². The fourth-order valence-electron chi connectivity index (χ4n) is 2.35. The predicted molar refractivity (Wildman–Crippen MR) is 84.4 cm³/mol. The SMILES string of the molecule is CC(=O)NCC1=CCN(CCCOc2ccccc2)CC1. The zero-order valence-electron chi connectivity index (χ0n) is 12.7. The average Bonchev–Trinajstić information content (AvgIpc) is 2.52. The third-order valence-electron chi connectivity index (χ3n) is 3.58. The third kappa shape index (κ3) is 6.00. The molecule has 0 aliphatic carbocycles. The molecule has 1 aliphatic heterocycles. The number of ether oxygens (including phenoxy) is 1. The topological polar surface area (TPSA) is 41.6 Å². The number of amides is 1. The highest BCUT2D eigenvalue weighted by molar-refractivity contribution is 5.73. The van der Waals surface area contributed by atoms with Crippen molar-refractivity contribution in [2.24, 2.45) is 0 Å². The van der Waals surface area contributed by atoms with Gasteiger partial charge in [-0.25, -0.2) is 0 Å². The van der Waals surface area contributed by atoms with Crippen LogP contribution in [0.3, 0.4) is 0 Å². The standard InChI is InChI=1S/C17H24N2O2/c1-15(20)18-14-16-8-11-19(12-9-16)10-5-13-21-17-6-3-2-4-7-17/h2-4,6-8H,5,9-14H2,1H3,(H,18,20). The molecule has 0 aromatic heterocycles. The molecule has 0 unspecified atom stereocenters. The second-order valence-corrected chi connectivity index (χ2v) is 5.34. The van der Waals surface area contributed by atoms with E-state index in [0.717, 1.165) is 44.8 Å². The van der Waals surface area contributed by atoms with Crippen molar-refractivity contribution in [2.45, 2.75) is 19.8 Å². The molecular weight excluding hydrogens is 264 g/mol. The maximum absolute atomic E-state index is 10.9. The third-order valence-corrected chi connectivity index (χ3v) is 3.58.